The lowest BCUT2D eigenvalue weighted by Gasteiger charge is -2.35. The summed E-state index contributed by atoms with van der Waals surface area (Å²) in [5.41, 5.74) is 6.49. The van der Waals surface area contributed by atoms with Crippen molar-refractivity contribution >= 4 is 5.91 Å². The first kappa shape index (κ1) is 15.7. The molecule has 1 unspecified atom stereocenters. The molecule has 0 bridgehead atoms. The van der Waals surface area contributed by atoms with Gasteiger partial charge in [0.25, 0.3) is 0 Å². The van der Waals surface area contributed by atoms with E-state index in [4.69, 9.17) is 5.73 Å². The van der Waals surface area contributed by atoms with Crippen molar-refractivity contribution in [3.05, 3.63) is 29.8 Å². The molecule has 0 aromatic heterocycles. The van der Waals surface area contributed by atoms with Crippen LogP contribution in [-0.4, -0.2) is 36.5 Å². The molecule has 1 fully saturated rings. The van der Waals surface area contributed by atoms with Gasteiger partial charge in [-0.3, -0.25) is 4.79 Å². The van der Waals surface area contributed by atoms with Crippen molar-refractivity contribution in [2.45, 2.75) is 38.3 Å². The Morgan fingerprint density at radius 3 is 2.67 bits per heavy atom. The summed E-state index contributed by atoms with van der Waals surface area (Å²) in [7, 11) is 0. The van der Waals surface area contributed by atoms with Crippen LogP contribution in [0.1, 0.15) is 24.8 Å². The number of hydrogen-bond donors (Lipinski definition) is 1. The van der Waals surface area contributed by atoms with Gasteiger partial charge in [-0.1, -0.05) is 12.1 Å². The minimum Gasteiger partial charge on any atom is -0.435 e. The Morgan fingerprint density at radius 1 is 1.33 bits per heavy atom. The second kappa shape index (κ2) is 7.36. The fraction of sp³-hybridized carbons (Fsp3) is 0.533. The molecule has 1 heterocycles. The quantitative estimate of drug-likeness (QED) is 0.906. The highest BCUT2D eigenvalue weighted by Gasteiger charge is 2.25. The lowest BCUT2D eigenvalue weighted by Crippen LogP contribution is -2.48. The maximum atomic E-state index is 12.3. The maximum absolute atomic E-state index is 12.3. The molecular weight excluding hydrogens is 278 g/mol. The molecule has 1 atom stereocenters. The summed E-state index contributed by atoms with van der Waals surface area (Å²) in [4.78, 5) is 14.2. The Bertz CT molecular complexity index is 465. The van der Waals surface area contributed by atoms with Crippen LogP contribution in [0, 0.1) is 0 Å². The zero-order valence-corrected chi connectivity index (χ0v) is 11.8. The van der Waals surface area contributed by atoms with Crippen molar-refractivity contribution in [1.82, 2.24) is 4.90 Å². The third kappa shape index (κ3) is 4.39. The normalized spacial score (nSPS) is 18.9. The topological polar surface area (TPSA) is 55.6 Å². The Hall–Kier alpha value is -1.69. The number of amides is 1. The van der Waals surface area contributed by atoms with Gasteiger partial charge < -0.3 is 15.4 Å². The van der Waals surface area contributed by atoms with Gasteiger partial charge in [0.15, 0.2) is 0 Å². The number of nitrogens with two attached hydrogens (primary N) is 1. The van der Waals surface area contributed by atoms with Crippen LogP contribution in [0.3, 0.4) is 0 Å². The first-order valence-electron chi connectivity index (χ1n) is 7.13. The van der Waals surface area contributed by atoms with Crippen LogP contribution in [0.25, 0.3) is 0 Å². The van der Waals surface area contributed by atoms with Crippen molar-refractivity contribution in [2.24, 2.45) is 5.73 Å². The lowest BCUT2D eigenvalue weighted by molar-refractivity contribution is -0.133. The van der Waals surface area contributed by atoms with Crippen molar-refractivity contribution in [2.75, 3.05) is 13.1 Å². The molecule has 1 saturated heterocycles. The molecule has 0 saturated carbocycles. The standard InChI is InChI=1S/C15H20F2N2O2/c16-15(17)21-13-6-4-11(5-7-13)9-14(20)19-8-2-1-3-12(19)10-18/h4-7,12,15H,1-3,8-10,18H2. The molecule has 1 aliphatic heterocycles. The summed E-state index contributed by atoms with van der Waals surface area (Å²) in [6.07, 6.45) is 3.31. The highest BCUT2D eigenvalue weighted by Crippen LogP contribution is 2.19. The molecule has 116 valence electrons. The summed E-state index contributed by atoms with van der Waals surface area (Å²) in [6, 6.07) is 6.29. The predicted molar refractivity (Wildman–Crippen MR) is 75.2 cm³/mol. The monoisotopic (exact) mass is 298 g/mol. The fourth-order valence-electron chi connectivity index (χ4n) is 2.64. The van der Waals surface area contributed by atoms with E-state index in [1.54, 1.807) is 12.1 Å². The van der Waals surface area contributed by atoms with Gasteiger partial charge in [0.2, 0.25) is 5.91 Å². The van der Waals surface area contributed by atoms with E-state index in [0.29, 0.717) is 6.54 Å². The van der Waals surface area contributed by atoms with Gasteiger partial charge >= 0.3 is 6.61 Å². The van der Waals surface area contributed by atoms with E-state index in [-0.39, 0.29) is 24.1 Å². The molecule has 0 radical (unpaired) electrons. The molecule has 6 heteroatoms. The Labute approximate surface area is 122 Å². The van der Waals surface area contributed by atoms with E-state index in [2.05, 4.69) is 4.74 Å². The van der Waals surface area contributed by atoms with Crippen molar-refractivity contribution in [3.63, 3.8) is 0 Å². The number of nitrogens with zero attached hydrogens (tertiary/aromatic N) is 1. The first-order chi connectivity index (χ1) is 10.1. The Kier molecular flexibility index (Phi) is 5.50. The number of piperidine rings is 1. The number of halogens is 2. The molecule has 1 amide bonds. The summed E-state index contributed by atoms with van der Waals surface area (Å²) in [6.45, 7) is -1.61. The van der Waals surface area contributed by atoms with Crippen molar-refractivity contribution in [3.8, 4) is 5.75 Å². The molecule has 0 aliphatic carbocycles. The highest BCUT2D eigenvalue weighted by atomic mass is 19.3. The van der Waals surface area contributed by atoms with Crippen LogP contribution in [0.5, 0.6) is 5.75 Å². The molecular formula is C15H20F2N2O2. The first-order valence-corrected chi connectivity index (χ1v) is 7.13. The summed E-state index contributed by atoms with van der Waals surface area (Å²) in [5, 5.41) is 0. The third-order valence-corrected chi connectivity index (χ3v) is 3.72. The van der Waals surface area contributed by atoms with Crippen molar-refractivity contribution in [1.29, 1.82) is 0 Å². The number of carbonyl (C=O) groups is 1. The average molecular weight is 298 g/mol. The van der Waals surface area contributed by atoms with Gasteiger partial charge in [-0.2, -0.15) is 8.78 Å². The number of carbonyl (C=O) groups excluding carboxylic acids is 1. The molecule has 2 N–H and O–H groups in total. The SMILES string of the molecule is NCC1CCCCN1C(=O)Cc1ccc(OC(F)F)cc1. The molecule has 4 nitrogen and oxygen atoms in total. The second-order valence-electron chi connectivity index (χ2n) is 5.17. The number of hydrogen-bond acceptors (Lipinski definition) is 3. The number of alkyl halides is 2. The van der Waals surface area contributed by atoms with Gasteiger partial charge in [0.05, 0.1) is 6.42 Å². The van der Waals surface area contributed by atoms with Crippen LogP contribution in [-0.2, 0) is 11.2 Å². The smallest absolute Gasteiger partial charge is 0.387 e. The largest absolute Gasteiger partial charge is 0.435 e. The summed E-state index contributed by atoms with van der Waals surface area (Å²) in [5.74, 6) is 0.131. The zero-order valence-electron chi connectivity index (χ0n) is 11.8. The van der Waals surface area contributed by atoms with E-state index >= 15 is 0 Å². The Balaban J connectivity index is 1.95. The van der Waals surface area contributed by atoms with Crippen LogP contribution < -0.4 is 10.5 Å². The van der Waals surface area contributed by atoms with Gasteiger partial charge in [-0.15, -0.1) is 0 Å². The van der Waals surface area contributed by atoms with Gasteiger partial charge in [0.1, 0.15) is 5.75 Å². The highest BCUT2D eigenvalue weighted by molar-refractivity contribution is 5.79. The van der Waals surface area contributed by atoms with Gasteiger partial charge in [-0.25, -0.2) is 0 Å². The second-order valence-corrected chi connectivity index (χ2v) is 5.17. The third-order valence-electron chi connectivity index (χ3n) is 3.72. The molecule has 1 aliphatic rings. The van der Waals surface area contributed by atoms with E-state index in [1.165, 1.54) is 12.1 Å². The Morgan fingerprint density at radius 2 is 2.05 bits per heavy atom. The van der Waals surface area contributed by atoms with Crippen molar-refractivity contribution < 1.29 is 18.3 Å². The number of ether oxygens (including phenoxy) is 1. The predicted octanol–water partition coefficient (Wildman–Crippen LogP) is 2.17. The van der Waals surface area contributed by atoms with E-state index < -0.39 is 6.61 Å². The molecule has 0 spiro atoms. The average Bonchev–Trinajstić information content (AvgIpc) is 2.48. The lowest BCUT2D eigenvalue weighted by atomic mass is 10.0. The molecule has 21 heavy (non-hydrogen) atoms. The van der Waals surface area contributed by atoms with Crippen LogP contribution in [0.2, 0.25) is 0 Å². The summed E-state index contributed by atoms with van der Waals surface area (Å²) < 4.78 is 28.4. The maximum Gasteiger partial charge on any atom is 0.387 e. The minimum absolute atomic E-state index is 0.0349. The summed E-state index contributed by atoms with van der Waals surface area (Å²) >= 11 is 0. The number of benzene rings is 1. The number of rotatable bonds is 5. The number of likely N-dealkylation sites (tertiary alicyclic amines) is 1. The molecule has 1 aromatic rings. The van der Waals surface area contributed by atoms with Gasteiger partial charge in [-0.05, 0) is 37.0 Å². The van der Waals surface area contributed by atoms with Crippen LogP contribution in [0.15, 0.2) is 24.3 Å². The molecule has 2 rings (SSSR count). The van der Waals surface area contributed by atoms with Crippen LogP contribution >= 0.6 is 0 Å². The van der Waals surface area contributed by atoms with E-state index in [1.807, 2.05) is 4.90 Å². The van der Waals surface area contributed by atoms with E-state index in [9.17, 15) is 13.6 Å². The zero-order chi connectivity index (χ0) is 15.2. The molecule has 1 aromatic carbocycles. The fourth-order valence-corrected chi connectivity index (χ4v) is 2.64. The van der Waals surface area contributed by atoms with Crippen LogP contribution in [0.4, 0.5) is 8.78 Å². The van der Waals surface area contributed by atoms with Gasteiger partial charge in [0, 0.05) is 19.1 Å². The minimum atomic E-state index is -2.84. The van der Waals surface area contributed by atoms with E-state index in [0.717, 1.165) is 31.4 Å².